The molecule has 0 unspecified atom stereocenters. The Morgan fingerprint density at radius 1 is 1.18 bits per heavy atom. The fourth-order valence-corrected chi connectivity index (χ4v) is 3.26. The fourth-order valence-electron chi connectivity index (χ4n) is 3.26. The molecule has 1 aromatic rings. The molecule has 2 saturated heterocycles. The molecule has 0 atom stereocenters. The van der Waals surface area contributed by atoms with Crippen molar-refractivity contribution in [1.29, 1.82) is 0 Å². The summed E-state index contributed by atoms with van der Waals surface area (Å²) in [5.41, 5.74) is 0.634. The molecule has 4 nitrogen and oxygen atoms in total. The average Bonchev–Trinajstić information content (AvgIpc) is 2.98. The second-order valence-electron chi connectivity index (χ2n) is 5.55. The summed E-state index contributed by atoms with van der Waals surface area (Å²) in [7, 11) is 0. The van der Waals surface area contributed by atoms with Crippen LogP contribution in [-0.4, -0.2) is 47.4 Å². The molecule has 4 heteroatoms. The molecular formula is C13H22N4. The molecule has 0 amide bonds. The Bertz CT molecular complexity index is 340. The van der Waals surface area contributed by atoms with E-state index in [-0.39, 0.29) is 0 Å². The van der Waals surface area contributed by atoms with Crippen LogP contribution in [-0.2, 0) is 6.54 Å². The average molecular weight is 234 g/mol. The third kappa shape index (κ3) is 2.53. The number of nitrogens with one attached hydrogen (secondary N) is 1. The topological polar surface area (TPSA) is 33.1 Å². The van der Waals surface area contributed by atoms with Crippen molar-refractivity contribution in [3.05, 3.63) is 18.5 Å². The van der Waals surface area contributed by atoms with E-state index in [1.807, 2.05) is 16.9 Å². The lowest BCUT2D eigenvalue weighted by molar-refractivity contribution is 0.193. The van der Waals surface area contributed by atoms with Gasteiger partial charge in [-0.1, -0.05) is 0 Å². The largest absolute Gasteiger partial charge is 0.317 e. The second kappa shape index (κ2) is 4.78. The van der Waals surface area contributed by atoms with Crippen molar-refractivity contribution in [2.75, 3.05) is 32.7 Å². The molecule has 3 rings (SSSR count). The maximum Gasteiger partial charge on any atom is 0.0536 e. The van der Waals surface area contributed by atoms with E-state index in [1.54, 1.807) is 0 Å². The highest BCUT2D eigenvalue weighted by molar-refractivity contribution is 4.93. The molecular weight excluding hydrogens is 212 g/mol. The summed E-state index contributed by atoms with van der Waals surface area (Å²) in [5, 5.41) is 7.73. The van der Waals surface area contributed by atoms with Crippen molar-refractivity contribution in [3.8, 4) is 0 Å². The van der Waals surface area contributed by atoms with Crippen molar-refractivity contribution < 1.29 is 0 Å². The van der Waals surface area contributed by atoms with Gasteiger partial charge in [0, 0.05) is 25.5 Å². The highest BCUT2D eigenvalue weighted by Crippen LogP contribution is 2.38. The van der Waals surface area contributed by atoms with Crippen molar-refractivity contribution in [2.45, 2.75) is 25.8 Å². The van der Waals surface area contributed by atoms with E-state index in [0.717, 1.165) is 13.1 Å². The molecule has 2 fully saturated rings. The molecule has 1 N–H and O–H groups in total. The van der Waals surface area contributed by atoms with Gasteiger partial charge in [-0.15, -0.1) is 0 Å². The molecule has 1 aromatic heterocycles. The zero-order valence-corrected chi connectivity index (χ0v) is 10.4. The van der Waals surface area contributed by atoms with Gasteiger partial charge in [-0.2, -0.15) is 5.10 Å². The van der Waals surface area contributed by atoms with Gasteiger partial charge in [0.05, 0.1) is 6.54 Å². The maximum absolute atomic E-state index is 4.26. The fraction of sp³-hybridized carbons (Fsp3) is 0.769. The van der Waals surface area contributed by atoms with Gasteiger partial charge in [0.2, 0.25) is 0 Å². The third-order valence-electron chi connectivity index (χ3n) is 4.39. The lowest BCUT2D eigenvalue weighted by Gasteiger charge is -2.33. The lowest BCUT2D eigenvalue weighted by Crippen LogP contribution is -2.39. The van der Waals surface area contributed by atoms with Gasteiger partial charge >= 0.3 is 0 Å². The summed E-state index contributed by atoms with van der Waals surface area (Å²) in [6.45, 7) is 7.19. The van der Waals surface area contributed by atoms with Crippen LogP contribution < -0.4 is 5.32 Å². The summed E-state index contributed by atoms with van der Waals surface area (Å²) >= 11 is 0. The molecule has 0 radical (unpaired) electrons. The Balaban J connectivity index is 1.50. The molecule has 3 heterocycles. The first-order valence-corrected chi connectivity index (χ1v) is 6.77. The second-order valence-corrected chi connectivity index (χ2v) is 5.55. The molecule has 17 heavy (non-hydrogen) atoms. The van der Waals surface area contributed by atoms with Gasteiger partial charge in [0.1, 0.15) is 0 Å². The number of nitrogens with zero attached hydrogens (tertiary/aromatic N) is 3. The van der Waals surface area contributed by atoms with Crippen molar-refractivity contribution in [1.82, 2.24) is 20.0 Å². The zero-order chi connectivity index (χ0) is 11.6. The van der Waals surface area contributed by atoms with Crippen LogP contribution in [0.15, 0.2) is 18.5 Å². The monoisotopic (exact) mass is 234 g/mol. The van der Waals surface area contributed by atoms with E-state index < -0.39 is 0 Å². The maximum atomic E-state index is 4.26. The van der Waals surface area contributed by atoms with Gasteiger partial charge in [-0.25, -0.2) is 0 Å². The highest BCUT2D eigenvalue weighted by atomic mass is 15.3. The van der Waals surface area contributed by atoms with Crippen LogP contribution in [0.5, 0.6) is 0 Å². The Hall–Kier alpha value is -0.870. The van der Waals surface area contributed by atoms with Crippen LogP contribution in [0.1, 0.15) is 19.3 Å². The van der Waals surface area contributed by atoms with E-state index >= 15 is 0 Å². The van der Waals surface area contributed by atoms with Gasteiger partial charge in [0.15, 0.2) is 0 Å². The van der Waals surface area contributed by atoms with E-state index in [1.165, 1.54) is 45.4 Å². The molecule has 1 spiro atoms. The quantitative estimate of drug-likeness (QED) is 0.845. The summed E-state index contributed by atoms with van der Waals surface area (Å²) in [4.78, 5) is 2.62. The molecule has 0 aliphatic carbocycles. The molecule has 0 aromatic carbocycles. The number of piperidine rings is 1. The number of hydrogen-bond donors (Lipinski definition) is 1. The Morgan fingerprint density at radius 2 is 2.06 bits per heavy atom. The molecule has 2 aliphatic heterocycles. The summed E-state index contributed by atoms with van der Waals surface area (Å²) in [5.74, 6) is 0. The number of rotatable bonds is 3. The minimum absolute atomic E-state index is 0.634. The first-order chi connectivity index (χ1) is 8.36. The van der Waals surface area contributed by atoms with Crippen molar-refractivity contribution >= 4 is 0 Å². The third-order valence-corrected chi connectivity index (χ3v) is 4.39. The van der Waals surface area contributed by atoms with E-state index in [4.69, 9.17) is 0 Å². The van der Waals surface area contributed by atoms with Gasteiger partial charge in [-0.3, -0.25) is 4.68 Å². The zero-order valence-electron chi connectivity index (χ0n) is 10.4. The standard InChI is InChI=1S/C13H22N4/c1-5-15-17(8-1)11-10-16-9-4-13(12-16)2-6-14-7-3-13/h1,5,8,14H,2-4,6-7,9-12H2. The molecule has 0 bridgehead atoms. The van der Waals surface area contributed by atoms with E-state index in [0.29, 0.717) is 5.41 Å². The van der Waals surface area contributed by atoms with E-state index in [9.17, 15) is 0 Å². The SMILES string of the molecule is c1cnn(CCN2CCC3(CCNCC3)C2)c1. The van der Waals surface area contributed by atoms with Gasteiger partial charge in [0.25, 0.3) is 0 Å². The first kappa shape index (κ1) is 11.2. The lowest BCUT2D eigenvalue weighted by atomic mass is 9.78. The van der Waals surface area contributed by atoms with Crippen LogP contribution in [0.25, 0.3) is 0 Å². The summed E-state index contributed by atoms with van der Waals surface area (Å²) in [6.07, 6.45) is 8.04. The number of hydrogen-bond acceptors (Lipinski definition) is 3. The molecule has 0 saturated carbocycles. The van der Waals surface area contributed by atoms with Crippen LogP contribution in [0, 0.1) is 5.41 Å². The van der Waals surface area contributed by atoms with E-state index in [2.05, 4.69) is 21.5 Å². The van der Waals surface area contributed by atoms with Crippen LogP contribution >= 0.6 is 0 Å². The number of aromatic nitrogens is 2. The minimum atomic E-state index is 0.634. The normalized spacial score (nSPS) is 24.5. The van der Waals surface area contributed by atoms with Crippen molar-refractivity contribution in [2.24, 2.45) is 5.41 Å². The van der Waals surface area contributed by atoms with Gasteiger partial charge in [-0.05, 0) is 50.4 Å². The Labute approximate surface area is 103 Å². The number of likely N-dealkylation sites (tertiary alicyclic amines) is 1. The predicted molar refractivity (Wildman–Crippen MR) is 67.8 cm³/mol. The first-order valence-electron chi connectivity index (χ1n) is 6.77. The smallest absolute Gasteiger partial charge is 0.0536 e. The van der Waals surface area contributed by atoms with Gasteiger partial charge < -0.3 is 10.2 Å². The summed E-state index contributed by atoms with van der Waals surface area (Å²) in [6, 6.07) is 2.00. The molecule has 94 valence electrons. The van der Waals surface area contributed by atoms with Crippen molar-refractivity contribution in [3.63, 3.8) is 0 Å². The summed E-state index contributed by atoms with van der Waals surface area (Å²) < 4.78 is 2.04. The Morgan fingerprint density at radius 3 is 2.82 bits per heavy atom. The predicted octanol–water partition coefficient (Wildman–Crippen LogP) is 0.959. The minimum Gasteiger partial charge on any atom is -0.317 e. The Kier molecular flexibility index (Phi) is 3.16. The van der Waals surface area contributed by atoms with Crippen LogP contribution in [0.3, 0.4) is 0 Å². The van der Waals surface area contributed by atoms with Crippen LogP contribution in [0.4, 0.5) is 0 Å². The highest BCUT2D eigenvalue weighted by Gasteiger charge is 2.38. The van der Waals surface area contributed by atoms with Crippen LogP contribution in [0.2, 0.25) is 0 Å². The molecule has 2 aliphatic rings.